The van der Waals surface area contributed by atoms with Crippen LogP contribution in [0.2, 0.25) is 0 Å². The maximum Gasteiger partial charge on any atom is 0.366 e. The Balaban J connectivity index is 3.10. The van der Waals surface area contributed by atoms with Crippen molar-refractivity contribution in [2.24, 2.45) is 5.10 Å². The number of halogens is 1. The summed E-state index contributed by atoms with van der Waals surface area (Å²) >= 11 is 3.15. The zero-order valence-corrected chi connectivity index (χ0v) is 12.5. The highest BCUT2D eigenvalue weighted by Crippen LogP contribution is 2.27. The Morgan fingerprint density at radius 3 is 2.33 bits per heavy atom. The molecule has 0 amide bonds. The van der Waals surface area contributed by atoms with Crippen LogP contribution in [0.1, 0.15) is 0 Å². The number of hydrogen-bond acceptors (Lipinski definition) is 8. The van der Waals surface area contributed by atoms with Gasteiger partial charge in [0, 0.05) is 16.6 Å². The first-order valence-corrected chi connectivity index (χ1v) is 6.14. The lowest BCUT2D eigenvalue weighted by Crippen LogP contribution is -2.27. The Hall–Kier alpha value is -2.49. The number of anilines is 1. The summed E-state index contributed by atoms with van der Waals surface area (Å²) in [6, 6.07) is 3.88. The van der Waals surface area contributed by atoms with Crippen LogP contribution >= 0.6 is 15.9 Å². The highest BCUT2D eigenvalue weighted by molar-refractivity contribution is 9.10. The molecule has 10 heteroatoms. The number of hydrogen-bond donors (Lipinski definition) is 1. The second-order valence-electron chi connectivity index (χ2n) is 3.48. The zero-order valence-electron chi connectivity index (χ0n) is 11.0. The Morgan fingerprint density at radius 1 is 1.29 bits per heavy atom. The molecular weight excluding hydrogens is 350 g/mol. The Morgan fingerprint density at radius 2 is 1.86 bits per heavy atom. The highest BCUT2D eigenvalue weighted by atomic mass is 79.9. The van der Waals surface area contributed by atoms with Gasteiger partial charge in [-0.25, -0.2) is 9.59 Å². The molecule has 112 valence electrons. The summed E-state index contributed by atoms with van der Waals surface area (Å²) in [6.45, 7) is 0. The Bertz CT molecular complexity index is 598. The quantitative estimate of drug-likeness (QED) is 0.278. The van der Waals surface area contributed by atoms with Crippen molar-refractivity contribution >= 4 is 45.0 Å². The molecule has 0 heterocycles. The number of carbonyl (C=O) groups is 2. The predicted octanol–water partition coefficient (Wildman–Crippen LogP) is 1.47. The molecular formula is C11H10BrN3O6. The van der Waals surface area contributed by atoms with E-state index < -0.39 is 22.6 Å². The lowest BCUT2D eigenvalue weighted by molar-refractivity contribution is -0.384. The first-order chi connectivity index (χ1) is 9.90. The van der Waals surface area contributed by atoms with E-state index in [1.165, 1.54) is 18.2 Å². The molecule has 0 radical (unpaired) electrons. The van der Waals surface area contributed by atoms with Crippen molar-refractivity contribution in [1.29, 1.82) is 0 Å². The topological polar surface area (TPSA) is 120 Å². The molecule has 1 N–H and O–H groups in total. The van der Waals surface area contributed by atoms with Crippen LogP contribution < -0.4 is 5.43 Å². The Kier molecular flexibility index (Phi) is 5.79. The molecule has 0 saturated heterocycles. The Labute approximate surface area is 127 Å². The van der Waals surface area contributed by atoms with Crippen LogP contribution in [0.3, 0.4) is 0 Å². The molecule has 0 spiro atoms. The van der Waals surface area contributed by atoms with E-state index in [9.17, 15) is 19.7 Å². The van der Waals surface area contributed by atoms with E-state index >= 15 is 0 Å². The van der Waals surface area contributed by atoms with Crippen molar-refractivity contribution in [2.75, 3.05) is 19.6 Å². The average Bonchev–Trinajstić information content (AvgIpc) is 2.47. The fraction of sp³-hybridized carbons (Fsp3) is 0.182. The second kappa shape index (κ2) is 7.33. The molecule has 21 heavy (non-hydrogen) atoms. The summed E-state index contributed by atoms with van der Waals surface area (Å²) in [4.78, 5) is 32.9. The minimum atomic E-state index is -1.00. The summed E-state index contributed by atoms with van der Waals surface area (Å²) in [5.41, 5.74) is 1.75. The fourth-order valence-electron chi connectivity index (χ4n) is 1.20. The van der Waals surface area contributed by atoms with E-state index in [0.29, 0.717) is 4.47 Å². The molecule has 0 atom stereocenters. The fourth-order valence-corrected chi connectivity index (χ4v) is 1.53. The molecule has 0 bridgehead atoms. The average molecular weight is 360 g/mol. The van der Waals surface area contributed by atoms with Gasteiger partial charge in [0.2, 0.25) is 0 Å². The number of nitro groups is 1. The number of nitrogens with one attached hydrogen (secondary N) is 1. The van der Waals surface area contributed by atoms with Crippen LogP contribution in [0.25, 0.3) is 0 Å². The van der Waals surface area contributed by atoms with Crippen molar-refractivity contribution in [2.45, 2.75) is 0 Å². The summed E-state index contributed by atoms with van der Waals surface area (Å²) in [7, 11) is 2.15. The number of carbonyl (C=O) groups excluding carboxylic acids is 2. The smallest absolute Gasteiger partial charge is 0.366 e. The molecule has 0 aliphatic rings. The van der Waals surface area contributed by atoms with Crippen molar-refractivity contribution < 1.29 is 24.0 Å². The molecule has 1 aromatic rings. The van der Waals surface area contributed by atoms with Crippen LogP contribution in [-0.2, 0) is 19.1 Å². The van der Waals surface area contributed by atoms with Gasteiger partial charge < -0.3 is 9.47 Å². The number of esters is 2. The van der Waals surface area contributed by atoms with Gasteiger partial charge in [-0.15, -0.1) is 0 Å². The van der Waals surface area contributed by atoms with Crippen LogP contribution in [-0.4, -0.2) is 36.8 Å². The number of non-ortho nitro benzene ring substituents is 1. The second-order valence-corrected chi connectivity index (χ2v) is 4.33. The molecule has 1 aromatic carbocycles. The molecule has 0 aliphatic heterocycles. The van der Waals surface area contributed by atoms with Crippen molar-refractivity contribution in [3.63, 3.8) is 0 Å². The number of hydrazone groups is 1. The van der Waals surface area contributed by atoms with Gasteiger partial charge in [-0.05, 0) is 22.0 Å². The van der Waals surface area contributed by atoms with E-state index in [4.69, 9.17) is 0 Å². The van der Waals surface area contributed by atoms with E-state index in [0.717, 1.165) is 14.2 Å². The maximum atomic E-state index is 11.4. The van der Waals surface area contributed by atoms with E-state index in [-0.39, 0.29) is 11.4 Å². The van der Waals surface area contributed by atoms with Crippen molar-refractivity contribution in [3.05, 3.63) is 32.8 Å². The van der Waals surface area contributed by atoms with Crippen LogP contribution in [0, 0.1) is 10.1 Å². The monoisotopic (exact) mass is 359 g/mol. The standard InChI is InChI=1S/C11H10BrN3O6/c1-20-10(16)9(11(17)21-2)14-13-8-5-6(15(18)19)3-4-7(8)12/h3-5,13H,1-2H3. The number of nitro benzene ring substituents is 1. The van der Waals surface area contributed by atoms with Crippen molar-refractivity contribution in [3.8, 4) is 0 Å². The number of ether oxygens (including phenoxy) is 2. The number of methoxy groups -OCH3 is 2. The molecule has 0 saturated carbocycles. The van der Waals surface area contributed by atoms with Gasteiger partial charge in [-0.2, -0.15) is 5.10 Å². The SMILES string of the molecule is COC(=O)C(=NNc1cc([N+](=O)[O-])ccc1Br)C(=O)OC. The van der Waals surface area contributed by atoms with Gasteiger partial charge in [0.25, 0.3) is 11.4 Å². The lowest BCUT2D eigenvalue weighted by atomic mass is 10.3. The largest absolute Gasteiger partial charge is 0.464 e. The molecule has 1 rings (SSSR count). The summed E-state index contributed by atoms with van der Waals surface area (Å²) in [6.07, 6.45) is 0. The van der Waals surface area contributed by atoms with E-state index in [1.807, 2.05) is 0 Å². The normalized spacial score (nSPS) is 9.48. The van der Waals surface area contributed by atoms with Gasteiger partial charge in [0.15, 0.2) is 0 Å². The van der Waals surface area contributed by atoms with Gasteiger partial charge in [0.1, 0.15) is 0 Å². The zero-order chi connectivity index (χ0) is 16.0. The molecule has 0 aromatic heterocycles. The number of rotatable bonds is 5. The molecule has 0 unspecified atom stereocenters. The molecule has 9 nitrogen and oxygen atoms in total. The molecule has 0 aliphatic carbocycles. The third-order valence-electron chi connectivity index (χ3n) is 2.21. The third-order valence-corrected chi connectivity index (χ3v) is 2.90. The van der Waals surface area contributed by atoms with Gasteiger partial charge >= 0.3 is 11.9 Å². The van der Waals surface area contributed by atoms with Gasteiger partial charge in [-0.1, -0.05) is 0 Å². The lowest BCUT2D eigenvalue weighted by Gasteiger charge is -2.06. The minimum absolute atomic E-state index is 0.186. The van der Waals surface area contributed by atoms with E-state index in [2.05, 4.69) is 35.9 Å². The summed E-state index contributed by atoms with van der Waals surface area (Å²) in [5.74, 6) is -2.01. The first kappa shape index (κ1) is 16.6. The first-order valence-electron chi connectivity index (χ1n) is 5.35. The maximum absolute atomic E-state index is 11.4. The van der Waals surface area contributed by atoms with Crippen LogP contribution in [0.5, 0.6) is 0 Å². The van der Waals surface area contributed by atoms with Crippen molar-refractivity contribution in [1.82, 2.24) is 0 Å². The third kappa shape index (κ3) is 4.24. The predicted molar refractivity (Wildman–Crippen MR) is 75.9 cm³/mol. The summed E-state index contributed by atoms with van der Waals surface area (Å²) in [5, 5.41) is 14.3. The summed E-state index contributed by atoms with van der Waals surface area (Å²) < 4.78 is 9.22. The van der Waals surface area contributed by atoms with Crippen LogP contribution in [0.4, 0.5) is 11.4 Å². The molecule has 0 fully saturated rings. The number of benzene rings is 1. The highest BCUT2D eigenvalue weighted by Gasteiger charge is 2.22. The van der Waals surface area contributed by atoms with Gasteiger partial charge in [0.05, 0.1) is 24.8 Å². The van der Waals surface area contributed by atoms with E-state index in [1.54, 1.807) is 0 Å². The van der Waals surface area contributed by atoms with Gasteiger partial charge in [-0.3, -0.25) is 15.5 Å². The van der Waals surface area contributed by atoms with Crippen LogP contribution in [0.15, 0.2) is 27.8 Å². The minimum Gasteiger partial charge on any atom is -0.464 e. The number of nitrogens with zero attached hydrogens (tertiary/aromatic N) is 2.